The van der Waals surface area contributed by atoms with E-state index < -0.39 is 0 Å². The van der Waals surface area contributed by atoms with Crippen LogP contribution in [-0.4, -0.2) is 16.0 Å². The van der Waals surface area contributed by atoms with Crippen molar-refractivity contribution in [1.82, 2.24) is 10.2 Å². The normalized spacial score (nSPS) is 10.6. The van der Waals surface area contributed by atoms with Crippen LogP contribution in [0, 0.1) is 0 Å². The van der Waals surface area contributed by atoms with Gasteiger partial charge >= 0.3 is 0 Å². The average molecular weight is 297 g/mol. The highest BCUT2D eigenvalue weighted by Crippen LogP contribution is 2.31. The third kappa shape index (κ3) is 2.60. The minimum Gasteiger partial charge on any atom is -0.294 e. The lowest BCUT2D eigenvalue weighted by Gasteiger charge is -2.03. The van der Waals surface area contributed by atoms with Gasteiger partial charge in [0.25, 0.3) is 0 Å². The van der Waals surface area contributed by atoms with E-state index in [-0.39, 0.29) is 5.78 Å². The number of nitrogens with zero attached hydrogens (tertiary/aromatic N) is 1. The summed E-state index contributed by atoms with van der Waals surface area (Å²) in [7, 11) is 0. The maximum Gasteiger partial charge on any atom is 0.164 e. The fraction of sp³-hybridized carbons (Fsp3) is 0.0588. The first-order chi connectivity index (χ1) is 10.2. The van der Waals surface area contributed by atoms with E-state index in [0.29, 0.717) is 16.3 Å². The summed E-state index contributed by atoms with van der Waals surface area (Å²) < 4.78 is 0. The second-order valence-corrected chi connectivity index (χ2v) is 5.19. The monoisotopic (exact) mass is 296 g/mol. The molecule has 1 aromatic heterocycles. The first-order valence-corrected chi connectivity index (χ1v) is 6.95. The van der Waals surface area contributed by atoms with Crippen LogP contribution in [0.5, 0.6) is 0 Å². The van der Waals surface area contributed by atoms with E-state index in [4.69, 9.17) is 11.6 Å². The van der Waals surface area contributed by atoms with Crippen LogP contribution in [0.25, 0.3) is 22.5 Å². The summed E-state index contributed by atoms with van der Waals surface area (Å²) in [5, 5.41) is 7.91. The van der Waals surface area contributed by atoms with Crippen LogP contribution in [0.2, 0.25) is 5.02 Å². The lowest BCUT2D eigenvalue weighted by Crippen LogP contribution is -1.96. The molecule has 0 fully saturated rings. The fourth-order valence-corrected chi connectivity index (χ4v) is 2.53. The van der Waals surface area contributed by atoms with E-state index in [0.717, 1.165) is 16.8 Å². The quantitative estimate of drug-likeness (QED) is 0.718. The van der Waals surface area contributed by atoms with Crippen LogP contribution in [0.4, 0.5) is 0 Å². The molecule has 0 amide bonds. The van der Waals surface area contributed by atoms with Crippen molar-refractivity contribution in [2.45, 2.75) is 6.92 Å². The number of carbonyl (C=O) groups excluding carboxylic acids is 1. The largest absolute Gasteiger partial charge is 0.294 e. The number of halogens is 1. The van der Waals surface area contributed by atoms with Crippen molar-refractivity contribution in [3.8, 4) is 22.5 Å². The zero-order valence-electron chi connectivity index (χ0n) is 11.4. The number of hydrogen-bond donors (Lipinski definition) is 1. The first-order valence-electron chi connectivity index (χ1n) is 6.57. The zero-order chi connectivity index (χ0) is 14.8. The van der Waals surface area contributed by atoms with E-state index in [1.807, 2.05) is 42.5 Å². The maximum atomic E-state index is 12.1. The minimum absolute atomic E-state index is 0.0300. The van der Waals surface area contributed by atoms with Gasteiger partial charge in [-0.25, -0.2) is 0 Å². The van der Waals surface area contributed by atoms with E-state index in [9.17, 15) is 4.79 Å². The van der Waals surface area contributed by atoms with E-state index in [1.165, 1.54) is 0 Å². The van der Waals surface area contributed by atoms with Crippen LogP contribution >= 0.6 is 11.6 Å². The van der Waals surface area contributed by atoms with Crippen molar-refractivity contribution in [1.29, 1.82) is 0 Å². The molecule has 0 aliphatic heterocycles. The van der Waals surface area contributed by atoms with Gasteiger partial charge in [-0.1, -0.05) is 54.1 Å². The molecule has 0 unspecified atom stereocenters. The topological polar surface area (TPSA) is 45.8 Å². The van der Waals surface area contributed by atoms with Gasteiger partial charge < -0.3 is 0 Å². The Balaban J connectivity index is 2.20. The van der Waals surface area contributed by atoms with Gasteiger partial charge in [-0.3, -0.25) is 9.89 Å². The number of carbonyl (C=O) groups is 1. The summed E-state index contributed by atoms with van der Waals surface area (Å²) in [6, 6.07) is 17.0. The number of H-pyrrole nitrogens is 1. The molecule has 0 aliphatic rings. The molecule has 1 heterocycles. The van der Waals surface area contributed by atoms with Crippen LogP contribution in [-0.2, 0) is 0 Å². The summed E-state index contributed by atoms with van der Waals surface area (Å²) in [4.78, 5) is 12.1. The van der Waals surface area contributed by atoms with Crippen molar-refractivity contribution < 1.29 is 4.79 Å². The molecule has 104 valence electrons. The smallest absolute Gasteiger partial charge is 0.164 e. The Bertz CT molecular complexity index is 794. The molecule has 3 aromatic rings. The molecular weight excluding hydrogens is 284 g/mol. The summed E-state index contributed by atoms with van der Waals surface area (Å²) in [6.45, 7) is 1.55. The predicted octanol–water partition coefficient (Wildman–Crippen LogP) is 4.60. The lowest BCUT2D eigenvalue weighted by molar-refractivity contribution is 0.101. The van der Waals surface area contributed by atoms with Gasteiger partial charge in [-0.15, -0.1) is 0 Å². The van der Waals surface area contributed by atoms with Gasteiger partial charge in [0.2, 0.25) is 0 Å². The van der Waals surface area contributed by atoms with E-state index in [2.05, 4.69) is 10.2 Å². The van der Waals surface area contributed by atoms with Crippen molar-refractivity contribution in [2.75, 3.05) is 0 Å². The van der Waals surface area contributed by atoms with Gasteiger partial charge in [-0.2, -0.15) is 5.10 Å². The second-order valence-electron chi connectivity index (χ2n) is 4.75. The Morgan fingerprint density at radius 3 is 2.43 bits per heavy atom. The van der Waals surface area contributed by atoms with Gasteiger partial charge in [-0.05, 0) is 19.1 Å². The fourth-order valence-electron chi connectivity index (χ4n) is 2.34. The van der Waals surface area contributed by atoms with E-state index >= 15 is 0 Å². The highest BCUT2D eigenvalue weighted by Gasteiger charge is 2.19. The third-order valence-electron chi connectivity index (χ3n) is 3.28. The van der Waals surface area contributed by atoms with Crippen molar-refractivity contribution in [3.05, 3.63) is 65.2 Å². The van der Waals surface area contributed by atoms with Gasteiger partial charge in [0.1, 0.15) is 5.69 Å². The SMILES string of the molecule is CC(=O)c1c(-c2cccc(Cl)c2)n[nH]c1-c1ccccc1. The van der Waals surface area contributed by atoms with E-state index in [1.54, 1.807) is 19.1 Å². The highest BCUT2D eigenvalue weighted by molar-refractivity contribution is 6.30. The van der Waals surface area contributed by atoms with Crippen LogP contribution in [0.15, 0.2) is 54.6 Å². The number of hydrogen-bond acceptors (Lipinski definition) is 2. The average Bonchev–Trinajstić information content (AvgIpc) is 2.93. The summed E-state index contributed by atoms with van der Waals surface area (Å²) in [5.41, 5.74) is 3.71. The van der Waals surface area contributed by atoms with Gasteiger partial charge in [0.15, 0.2) is 5.78 Å². The zero-order valence-corrected chi connectivity index (χ0v) is 12.2. The predicted molar refractivity (Wildman–Crippen MR) is 84.5 cm³/mol. The Hall–Kier alpha value is -2.39. The molecule has 3 rings (SSSR count). The molecule has 0 atom stereocenters. The molecule has 0 saturated carbocycles. The number of rotatable bonds is 3. The highest BCUT2D eigenvalue weighted by atomic mass is 35.5. The molecule has 0 saturated heterocycles. The standard InChI is InChI=1S/C17H13ClN2O/c1-11(21)15-16(12-6-3-2-4-7-12)19-20-17(15)13-8-5-9-14(18)10-13/h2-10H,1H3,(H,19,20). The summed E-state index contributed by atoms with van der Waals surface area (Å²) in [5.74, 6) is -0.0300. The molecule has 1 N–H and O–H groups in total. The number of ketones is 1. The number of Topliss-reactive ketones (excluding diaryl/α,β-unsaturated/α-hetero) is 1. The van der Waals surface area contributed by atoms with Crippen molar-refractivity contribution >= 4 is 17.4 Å². The van der Waals surface area contributed by atoms with Crippen molar-refractivity contribution in [2.24, 2.45) is 0 Å². The van der Waals surface area contributed by atoms with Crippen LogP contribution in [0.3, 0.4) is 0 Å². The molecule has 2 aromatic carbocycles. The number of aromatic nitrogens is 2. The molecule has 0 bridgehead atoms. The molecule has 0 spiro atoms. The first kappa shape index (κ1) is 13.6. The minimum atomic E-state index is -0.0300. The summed E-state index contributed by atoms with van der Waals surface area (Å²) in [6.07, 6.45) is 0. The number of aromatic amines is 1. The summed E-state index contributed by atoms with van der Waals surface area (Å²) >= 11 is 6.03. The van der Waals surface area contributed by atoms with Crippen LogP contribution in [0.1, 0.15) is 17.3 Å². The Labute approximate surface area is 127 Å². The maximum absolute atomic E-state index is 12.1. The molecule has 0 radical (unpaired) electrons. The Kier molecular flexibility index (Phi) is 3.59. The Morgan fingerprint density at radius 1 is 1.05 bits per heavy atom. The van der Waals surface area contributed by atoms with Gasteiger partial charge in [0, 0.05) is 16.1 Å². The number of benzene rings is 2. The second kappa shape index (κ2) is 5.54. The third-order valence-corrected chi connectivity index (χ3v) is 3.51. The molecular formula is C17H13ClN2O. The van der Waals surface area contributed by atoms with Crippen LogP contribution < -0.4 is 0 Å². The number of nitrogens with one attached hydrogen (secondary N) is 1. The van der Waals surface area contributed by atoms with Crippen molar-refractivity contribution in [3.63, 3.8) is 0 Å². The molecule has 4 heteroatoms. The molecule has 3 nitrogen and oxygen atoms in total. The molecule has 0 aliphatic carbocycles. The molecule has 21 heavy (non-hydrogen) atoms. The lowest BCUT2D eigenvalue weighted by atomic mass is 9.99. The van der Waals surface area contributed by atoms with Gasteiger partial charge in [0.05, 0.1) is 11.3 Å². The Morgan fingerprint density at radius 2 is 1.76 bits per heavy atom.